The molecule has 7 heteroatoms. The molecule has 0 unspecified atom stereocenters. The molecule has 2 rings (SSSR count). The van der Waals surface area contributed by atoms with Crippen LogP contribution in [-0.4, -0.2) is 58.5 Å². The zero-order valence-electron chi connectivity index (χ0n) is 9.93. The number of amides is 2. The lowest BCUT2D eigenvalue weighted by Crippen LogP contribution is -2.46. The molecule has 94 valence electrons. The second-order valence-corrected chi connectivity index (χ2v) is 3.92. The van der Waals surface area contributed by atoms with Gasteiger partial charge in [-0.3, -0.25) is 4.68 Å². The molecule has 17 heavy (non-hydrogen) atoms. The molecular formula is C10H17N5O2. The largest absolute Gasteiger partial charge is 0.378 e. The monoisotopic (exact) mass is 239 g/mol. The van der Waals surface area contributed by atoms with Crippen LogP contribution < -0.4 is 5.32 Å². The van der Waals surface area contributed by atoms with Crippen molar-refractivity contribution in [3.8, 4) is 0 Å². The van der Waals surface area contributed by atoms with E-state index >= 15 is 0 Å². The number of rotatable bonds is 3. The van der Waals surface area contributed by atoms with E-state index in [0.717, 1.165) is 5.82 Å². The minimum Gasteiger partial charge on any atom is -0.378 e. The normalized spacial score (nSPS) is 15.9. The van der Waals surface area contributed by atoms with Gasteiger partial charge in [0.05, 0.1) is 13.2 Å². The molecule has 1 aromatic heterocycles. The predicted molar refractivity (Wildman–Crippen MR) is 60.5 cm³/mol. The maximum absolute atomic E-state index is 11.7. The summed E-state index contributed by atoms with van der Waals surface area (Å²) in [4.78, 5) is 17.6. The van der Waals surface area contributed by atoms with Crippen LogP contribution in [0.25, 0.3) is 0 Å². The third-order valence-corrected chi connectivity index (χ3v) is 2.57. The van der Waals surface area contributed by atoms with Crippen LogP contribution in [0.2, 0.25) is 0 Å². The summed E-state index contributed by atoms with van der Waals surface area (Å²) in [5, 5.41) is 6.99. The van der Waals surface area contributed by atoms with Crippen molar-refractivity contribution in [2.45, 2.75) is 6.42 Å². The molecule has 1 aliphatic rings. The summed E-state index contributed by atoms with van der Waals surface area (Å²) in [6, 6.07) is -0.0377. The van der Waals surface area contributed by atoms with Gasteiger partial charge in [-0.1, -0.05) is 0 Å². The summed E-state index contributed by atoms with van der Waals surface area (Å²) in [5.41, 5.74) is 0. The molecule has 0 saturated carbocycles. The van der Waals surface area contributed by atoms with Gasteiger partial charge in [-0.25, -0.2) is 9.78 Å². The minimum absolute atomic E-state index is 0.0377. The summed E-state index contributed by atoms with van der Waals surface area (Å²) >= 11 is 0. The molecule has 2 amide bonds. The van der Waals surface area contributed by atoms with Gasteiger partial charge in [0.25, 0.3) is 0 Å². The Balaban J connectivity index is 1.69. The van der Waals surface area contributed by atoms with Gasteiger partial charge in [-0.2, -0.15) is 5.10 Å². The number of aryl methyl sites for hydroxylation is 1. The Bertz CT molecular complexity index is 373. The number of carbonyl (C=O) groups excluding carboxylic acids is 1. The molecule has 1 aromatic rings. The average Bonchev–Trinajstić information content (AvgIpc) is 2.76. The third kappa shape index (κ3) is 3.42. The first-order valence-corrected chi connectivity index (χ1v) is 5.71. The van der Waals surface area contributed by atoms with E-state index in [1.807, 2.05) is 7.05 Å². The summed E-state index contributed by atoms with van der Waals surface area (Å²) in [6.45, 7) is 3.12. The third-order valence-electron chi connectivity index (χ3n) is 2.57. The van der Waals surface area contributed by atoms with Crippen molar-refractivity contribution in [2.75, 3.05) is 32.8 Å². The van der Waals surface area contributed by atoms with Crippen molar-refractivity contribution in [1.29, 1.82) is 0 Å². The van der Waals surface area contributed by atoms with E-state index in [2.05, 4.69) is 15.4 Å². The molecule has 0 aromatic carbocycles. The van der Waals surface area contributed by atoms with E-state index in [-0.39, 0.29) is 6.03 Å². The highest BCUT2D eigenvalue weighted by atomic mass is 16.5. The molecule has 0 atom stereocenters. The SMILES string of the molecule is Cn1cnc(CCNC(=O)N2CCOCC2)n1. The number of nitrogens with zero attached hydrogens (tertiary/aromatic N) is 4. The topological polar surface area (TPSA) is 72.3 Å². The fourth-order valence-electron chi connectivity index (χ4n) is 1.66. The van der Waals surface area contributed by atoms with Crippen LogP contribution in [0.5, 0.6) is 0 Å². The maximum Gasteiger partial charge on any atom is 0.317 e. The zero-order chi connectivity index (χ0) is 12.1. The van der Waals surface area contributed by atoms with E-state index in [4.69, 9.17) is 4.74 Å². The van der Waals surface area contributed by atoms with E-state index in [0.29, 0.717) is 39.3 Å². The molecule has 1 aliphatic heterocycles. The zero-order valence-corrected chi connectivity index (χ0v) is 9.93. The number of morpholine rings is 1. The summed E-state index contributed by atoms with van der Waals surface area (Å²) < 4.78 is 6.83. The van der Waals surface area contributed by atoms with Crippen LogP contribution in [0.15, 0.2) is 6.33 Å². The molecular weight excluding hydrogens is 222 g/mol. The molecule has 0 radical (unpaired) electrons. The Morgan fingerprint density at radius 1 is 1.53 bits per heavy atom. The van der Waals surface area contributed by atoms with E-state index in [9.17, 15) is 4.79 Å². The first-order chi connectivity index (χ1) is 8.25. The van der Waals surface area contributed by atoms with Crippen LogP contribution in [0.1, 0.15) is 5.82 Å². The molecule has 1 saturated heterocycles. The van der Waals surface area contributed by atoms with Gasteiger partial charge < -0.3 is 15.0 Å². The van der Waals surface area contributed by atoms with Crippen LogP contribution in [0.4, 0.5) is 4.79 Å². The highest BCUT2D eigenvalue weighted by Gasteiger charge is 2.15. The highest BCUT2D eigenvalue weighted by molar-refractivity contribution is 5.74. The van der Waals surface area contributed by atoms with Crippen LogP contribution in [-0.2, 0) is 18.2 Å². The van der Waals surface area contributed by atoms with Crippen molar-refractivity contribution >= 4 is 6.03 Å². The second kappa shape index (κ2) is 5.62. The lowest BCUT2D eigenvalue weighted by molar-refractivity contribution is 0.0533. The first kappa shape index (κ1) is 11.8. The summed E-state index contributed by atoms with van der Waals surface area (Å²) in [5.74, 6) is 0.745. The van der Waals surface area contributed by atoms with Gasteiger partial charge in [0, 0.05) is 33.1 Å². The van der Waals surface area contributed by atoms with Crippen molar-refractivity contribution in [3.63, 3.8) is 0 Å². The average molecular weight is 239 g/mol. The quantitative estimate of drug-likeness (QED) is 0.764. The number of carbonyl (C=O) groups is 1. The number of nitrogens with one attached hydrogen (secondary N) is 1. The number of hydrogen-bond acceptors (Lipinski definition) is 4. The highest BCUT2D eigenvalue weighted by Crippen LogP contribution is 1.97. The number of urea groups is 1. The molecule has 0 spiro atoms. The molecule has 1 N–H and O–H groups in total. The van der Waals surface area contributed by atoms with Gasteiger partial charge in [0.15, 0.2) is 5.82 Å². The van der Waals surface area contributed by atoms with E-state index < -0.39 is 0 Å². The second-order valence-electron chi connectivity index (χ2n) is 3.92. The Labute approximate surface area is 99.8 Å². The summed E-state index contributed by atoms with van der Waals surface area (Å²) in [6.07, 6.45) is 2.30. The number of hydrogen-bond donors (Lipinski definition) is 1. The fraction of sp³-hybridized carbons (Fsp3) is 0.700. The minimum atomic E-state index is -0.0377. The van der Waals surface area contributed by atoms with Crippen molar-refractivity contribution in [3.05, 3.63) is 12.2 Å². The molecule has 1 fully saturated rings. The predicted octanol–water partition coefficient (Wildman–Crippen LogP) is -0.601. The van der Waals surface area contributed by atoms with E-state index in [1.54, 1.807) is 15.9 Å². The van der Waals surface area contributed by atoms with Gasteiger partial charge in [0.2, 0.25) is 0 Å². The van der Waals surface area contributed by atoms with Crippen LogP contribution >= 0.6 is 0 Å². The van der Waals surface area contributed by atoms with Gasteiger partial charge >= 0.3 is 6.03 Å². The smallest absolute Gasteiger partial charge is 0.317 e. The molecule has 2 heterocycles. The van der Waals surface area contributed by atoms with Crippen molar-refractivity contribution in [2.24, 2.45) is 7.05 Å². The van der Waals surface area contributed by atoms with Crippen molar-refractivity contribution < 1.29 is 9.53 Å². The molecule has 0 aliphatic carbocycles. The Hall–Kier alpha value is -1.63. The van der Waals surface area contributed by atoms with Gasteiger partial charge in [0.1, 0.15) is 6.33 Å². The van der Waals surface area contributed by atoms with Crippen LogP contribution in [0, 0.1) is 0 Å². The molecule has 7 nitrogen and oxygen atoms in total. The van der Waals surface area contributed by atoms with Gasteiger partial charge in [-0.15, -0.1) is 0 Å². The van der Waals surface area contributed by atoms with Crippen molar-refractivity contribution in [1.82, 2.24) is 25.0 Å². The first-order valence-electron chi connectivity index (χ1n) is 5.71. The fourth-order valence-corrected chi connectivity index (χ4v) is 1.66. The van der Waals surface area contributed by atoms with Crippen LogP contribution in [0.3, 0.4) is 0 Å². The standard InChI is InChI=1S/C10H17N5O2/c1-14-8-12-9(13-14)2-3-11-10(16)15-4-6-17-7-5-15/h8H,2-7H2,1H3,(H,11,16). The lowest BCUT2D eigenvalue weighted by Gasteiger charge is -2.26. The Morgan fingerprint density at radius 2 is 2.29 bits per heavy atom. The van der Waals surface area contributed by atoms with Gasteiger partial charge in [-0.05, 0) is 0 Å². The molecule has 0 bridgehead atoms. The Kier molecular flexibility index (Phi) is 3.92. The summed E-state index contributed by atoms with van der Waals surface area (Å²) in [7, 11) is 1.82. The maximum atomic E-state index is 11.7. The number of aromatic nitrogens is 3. The number of ether oxygens (including phenoxy) is 1. The van der Waals surface area contributed by atoms with E-state index in [1.165, 1.54) is 0 Å². The Morgan fingerprint density at radius 3 is 2.94 bits per heavy atom. The lowest BCUT2D eigenvalue weighted by atomic mass is 10.4.